The van der Waals surface area contributed by atoms with Crippen LogP contribution in [0, 0.1) is 0 Å². The van der Waals surface area contributed by atoms with E-state index in [-0.39, 0.29) is 5.82 Å². The molecule has 0 amide bonds. The maximum absolute atomic E-state index is 12.7. The van der Waals surface area contributed by atoms with E-state index in [1.165, 1.54) is 0 Å². The Labute approximate surface area is 121 Å². The Morgan fingerprint density at radius 3 is 2.10 bits per heavy atom. The van der Waals surface area contributed by atoms with E-state index in [2.05, 4.69) is 29.8 Å². The molecule has 2 rings (SSSR count). The Bertz CT molecular complexity index is 507. The van der Waals surface area contributed by atoms with Crippen molar-refractivity contribution in [3.63, 3.8) is 0 Å². The van der Waals surface area contributed by atoms with Gasteiger partial charge in [0.15, 0.2) is 5.82 Å². The fourth-order valence-electron chi connectivity index (χ4n) is 2.32. The SMILES string of the molecule is CC1(C)N([O])/C(=C2\C=NN=C2[Si](C)(C)C)N(O)C1(C)C. The molecular formula is C13H23N4O2Si. The van der Waals surface area contributed by atoms with Crippen LogP contribution in [0.4, 0.5) is 0 Å². The lowest BCUT2D eigenvalue weighted by Crippen LogP contribution is -2.52. The van der Waals surface area contributed by atoms with Crippen LogP contribution in [0.3, 0.4) is 0 Å². The molecule has 111 valence electrons. The summed E-state index contributed by atoms with van der Waals surface area (Å²) < 4.78 is 0. The van der Waals surface area contributed by atoms with E-state index in [0.717, 1.165) is 15.5 Å². The van der Waals surface area contributed by atoms with Gasteiger partial charge in [0.05, 0.1) is 28.2 Å². The van der Waals surface area contributed by atoms with Crippen molar-refractivity contribution >= 4 is 19.6 Å². The normalized spacial score (nSPS) is 28.4. The summed E-state index contributed by atoms with van der Waals surface area (Å²) in [4.78, 5) is 0. The third-order valence-electron chi connectivity index (χ3n) is 4.48. The summed E-state index contributed by atoms with van der Waals surface area (Å²) in [6, 6.07) is 0. The minimum Gasteiger partial charge on any atom is -0.286 e. The van der Waals surface area contributed by atoms with Crippen molar-refractivity contribution in [2.45, 2.75) is 58.4 Å². The highest BCUT2D eigenvalue weighted by molar-refractivity contribution is 7.07. The standard InChI is InChI=1S/C13H23N4O2Si/c1-12(2)13(3,4)17(19)11(16(12)18)9-8-14-15-10(9)20(5,6)7/h8,18H,1-7H3/b11-9+. The van der Waals surface area contributed by atoms with Crippen LogP contribution in [-0.4, -0.2) is 46.0 Å². The largest absolute Gasteiger partial charge is 0.286 e. The minimum atomic E-state index is -1.74. The Morgan fingerprint density at radius 1 is 1.15 bits per heavy atom. The van der Waals surface area contributed by atoms with E-state index < -0.39 is 19.2 Å². The molecule has 0 aromatic carbocycles. The van der Waals surface area contributed by atoms with Crippen LogP contribution in [0.2, 0.25) is 19.6 Å². The van der Waals surface area contributed by atoms with E-state index in [0.29, 0.717) is 5.57 Å². The van der Waals surface area contributed by atoms with Gasteiger partial charge in [0.1, 0.15) is 8.07 Å². The lowest BCUT2D eigenvalue weighted by Gasteiger charge is -2.36. The second-order valence-electron chi connectivity index (χ2n) is 7.40. The summed E-state index contributed by atoms with van der Waals surface area (Å²) in [5.74, 6) is 0.252. The van der Waals surface area contributed by atoms with Crippen molar-refractivity contribution in [2.24, 2.45) is 10.2 Å². The van der Waals surface area contributed by atoms with Crippen LogP contribution in [0.15, 0.2) is 21.6 Å². The Morgan fingerprint density at radius 2 is 1.70 bits per heavy atom. The van der Waals surface area contributed by atoms with Crippen LogP contribution in [0.5, 0.6) is 0 Å². The smallest absolute Gasteiger partial charge is 0.167 e. The van der Waals surface area contributed by atoms with E-state index in [9.17, 15) is 10.4 Å². The van der Waals surface area contributed by atoms with Crippen molar-refractivity contribution in [3.8, 4) is 0 Å². The molecule has 7 heteroatoms. The molecule has 0 atom stereocenters. The predicted octanol–water partition coefficient (Wildman–Crippen LogP) is 2.43. The highest BCUT2D eigenvalue weighted by Gasteiger charge is 2.57. The fourth-order valence-corrected chi connectivity index (χ4v) is 3.67. The maximum Gasteiger partial charge on any atom is 0.167 e. The molecule has 0 aromatic rings. The number of allylic oxidation sites excluding steroid dienone is 1. The summed E-state index contributed by atoms with van der Waals surface area (Å²) in [6.45, 7) is 13.8. The number of hydrogen-bond acceptors (Lipinski definition) is 5. The van der Waals surface area contributed by atoms with Crippen LogP contribution in [0.25, 0.3) is 0 Å². The van der Waals surface area contributed by atoms with Gasteiger partial charge in [-0.3, -0.25) is 5.21 Å². The minimum absolute atomic E-state index is 0.252. The first kappa shape index (κ1) is 15.2. The molecule has 20 heavy (non-hydrogen) atoms. The first-order chi connectivity index (χ1) is 8.92. The van der Waals surface area contributed by atoms with Crippen molar-refractivity contribution in [2.75, 3.05) is 0 Å². The molecule has 6 nitrogen and oxygen atoms in total. The predicted molar refractivity (Wildman–Crippen MR) is 80.6 cm³/mol. The average Bonchev–Trinajstić information content (AvgIpc) is 2.80. The summed E-state index contributed by atoms with van der Waals surface area (Å²) in [5.41, 5.74) is -0.788. The molecule has 2 aliphatic heterocycles. The summed E-state index contributed by atoms with van der Waals surface area (Å²) in [6.07, 6.45) is 1.58. The van der Waals surface area contributed by atoms with E-state index >= 15 is 0 Å². The van der Waals surface area contributed by atoms with Crippen molar-refractivity contribution < 1.29 is 10.4 Å². The van der Waals surface area contributed by atoms with Gasteiger partial charge >= 0.3 is 0 Å². The van der Waals surface area contributed by atoms with Gasteiger partial charge < -0.3 is 0 Å². The van der Waals surface area contributed by atoms with Crippen molar-refractivity contribution in [1.29, 1.82) is 0 Å². The van der Waals surface area contributed by atoms with Crippen molar-refractivity contribution in [1.82, 2.24) is 10.1 Å². The molecule has 0 saturated carbocycles. The van der Waals surface area contributed by atoms with Crippen LogP contribution in [0.1, 0.15) is 27.7 Å². The average molecular weight is 295 g/mol. The Kier molecular flexibility index (Phi) is 3.16. The van der Waals surface area contributed by atoms with Crippen LogP contribution in [-0.2, 0) is 5.21 Å². The lowest BCUT2D eigenvalue weighted by atomic mass is 9.84. The van der Waals surface area contributed by atoms with Gasteiger partial charge in [0, 0.05) is 0 Å². The fraction of sp³-hybridized carbons (Fsp3) is 0.692. The maximum atomic E-state index is 12.7. The van der Waals surface area contributed by atoms with Gasteiger partial charge in [-0.05, 0) is 27.7 Å². The molecule has 2 aliphatic rings. The monoisotopic (exact) mass is 295 g/mol. The topological polar surface area (TPSA) is 71.3 Å². The number of nitrogens with zero attached hydrogens (tertiary/aromatic N) is 4. The van der Waals surface area contributed by atoms with Gasteiger partial charge in [-0.1, -0.05) is 24.8 Å². The second kappa shape index (κ2) is 4.16. The highest BCUT2D eigenvalue weighted by atomic mass is 28.3. The van der Waals surface area contributed by atoms with Gasteiger partial charge in [-0.25, -0.2) is 5.06 Å². The molecule has 0 unspecified atom stereocenters. The molecule has 0 bridgehead atoms. The van der Waals surface area contributed by atoms with Gasteiger partial charge in [0.2, 0.25) is 0 Å². The number of hydrogen-bond donors (Lipinski definition) is 1. The molecular weight excluding hydrogens is 272 g/mol. The molecule has 1 radical (unpaired) electrons. The zero-order valence-electron chi connectivity index (χ0n) is 13.2. The van der Waals surface area contributed by atoms with E-state index in [1.54, 1.807) is 6.21 Å². The lowest BCUT2D eigenvalue weighted by molar-refractivity contribution is -0.181. The molecule has 0 aliphatic carbocycles. The number of hydroxylamine groups is 4. The van der Waals surface area contributed by atoms with E-state index in [4.69, 9.17) is 0 Å². The van der Waals surface area contributed by atoms with E-state index in [1.807, 2.05) is 27.7 Å². The first-order valence-corrected chi connectivity index (χ1v) is 10.2. The Hall–Kier alpha value is -1.18. The first-order valence-electron chi connectivity index (χ1n) is 6.75. The van der Waals surface area contributed by atoms with Crippen molar-refractivity contribution in [3.05, 3.63) is 11.4 Å². The quantitative estimate of drug-likeness (QED) is 0.755. The molecule has 1 saturated heterocycles. The molecule has 0 aromatic heterocycles. The van der Waals surface area contributed by atoms with Gasteiger partial charge in [0.25, 0.3) is 0 Å². The molecule has 1 N–H and O–H groups in total. The summed E-state index contributed by atoms with van der Waals surface area (Å²) >= 11 is 0. The second-order valence-corrected chi connectivity index (χ2v) is 12.4. The summed E-state index contributed by atoms with van der Waals surface area (Å²) in [5, 5.41) is 34.1. The molecule has 0 spiro atoms. The molecule has 2 heterocycles. The van der Waals surface area contributed by atoms with Gasteiger partial charge in [-0.2, -0.15) is 15.3 Å². The summed E-state index contributed by atoms with van der Waals surface area (Å²) in [7, 11) is -1.74. The Balaban J connectivity index is 2.61. The third-order valence-corrected chi connectivity index (χ3v) is 6.27. The van der Waals surface area contributed by atoms with Crippen LogP contribution >= 0.6 is 0 Å². The zero-order chi connectivity index (χ0) is 15.5. The zero-order valence-corrected chi connectivity index (χ0v) is 14.2. The van der Waals surface area contributed by atoms with Crippen LogP contribution < -0.4 is 0 Å². The molecule has 1 fully saturated rings. The van der Waals surface area contributed by atoms with Gasteiger partial charge in [-0.15, -0.1) is 0 Å². The third kappa shape index (κ3) is 1.84. The highest BCUT2D eigenvalue weighted by Crippen LogP contribution is 2.44. The number of rotatable bonds is 1.